The monoisotopic (exact) mass is 612 g/mol. The number of ether oxygens (including phenoxy) is 1. The number of anilines is 1. The van der Waals surface area contributed by atoms with Gasteiger partial charge in [0.25, 0.3) is 0 Å². The number of aryl methyl sites for hydroxylation is 1. The Bertz CT molecular complexity index is 1190. The summed E-state index contributed by atoms with van der Waals surface area (Å²) < 4.78 is 100. The van der Waals surface area contributed by atoms with Crippen molar-refractivity contribution in [2.24, 2.45) is 5.10 Å². The molecule has 0 aromatic heterocycles. The molecule has 0 fully saturated rings. The van der Waals surface area contributed by atoms with E-state index < -0.39 is 40.7 Å². The number of rotatable bonds is 6. The van der Waals surface area contributed by atoms with Crippen molar-refractivity contribution in [2.75, 3.05) is 5.43 Å². The number of alkyl halides is 3. The summed E-state index contributed by atoms with van der Waals surface area (Å²) in [5.74, 6) is -9.22. The topological polar surface area (TPSA) is 33.6 Å². The van der Waals surface area contributed by atoms with Crippen LogP contribution in [0, 0.1) is 30.2 Å². The van der Waals surface area contributed by atoms with Gasteiger partial charge in [0.1, 0.15) is 23.6 Å². The third-order valence-corrected chi connectivity index (χ3v) is 5.64. The number of hydrogen-bond acceptors (Lipinski definition) is 3. The van der Waals surface area contributed by atoms with Crippen LogP contribution in [-0.2, 0) is 12.8 Å². The van der Waals surface area contributed by atoms with Gasteiger partial charge in [0.05, 0.1) is 15.2 Å². The van der Waals surface area contributed by atoms with E-state index in [1.807, 2.05) is 31.2 Å². The summed E-state index contributed by atoms with van der Waals surface area (Å²) in [5, 5.41) is 3.47. The zero-order chi connectivity index (χ0) is 25.2. The number of hydrazone groups is 1. The summed E-state index contributed by atoms with van der Waals surface area (Å²) in [6.07, 6.45) is -4.59. The maximum atomic E-state index is 13.9. The van der Waals surface area contributed by atoms with E-state index in [2.05, 4.69) is 37.0 Å². The summed E-state index contributed by atoms with van der Waals surface area (Å²) >= 11 is 6.65. The van der Waals surface area contributed by atoms with Gasteiger partial charge < -0.3 is 4.74 Å². The molecule has 3 aromatic rings. The SMILES string of the molecule is Cc1ccc(COc2c(Br)cc(/C=N\Nc3c(F)c(F)c(C(F)(F)F)c(F)c3F)cc2Br)cc1. The van der Waals surface area contributed by atoms with Crippen LogP contribution in [0.5, 0.6) is 5.75 Å². The third-order valence-electron chi connectivity index (χ3n) is 4.46. The quantitative estimate of drug-likeness (QED) is 0.132. The predicted molar refractivity (Wildman–Crippen MR) is 120 cm³/mol. The highest BCUT2D eigenvalue weighted by molar-refractivity contribution is 9.11. The predicted octanol–water partition coefficient (Wildman–Crippen LogP) is 8.12. The summed E-state index contributed by atoms with van der Waals surface area (Å²) in [6, 6.07) is 10.8. The maximum absolute atomic E-state index is 13.9. The normalized spacial score (nSPS) is 11.8. The third kappa shape index (κ3) is 5.72. The fraction of sp³-hybridized carbons (Fsp3) is 0.136. The van der Waals surface area contributed by atoms with Gasteiger partial charge in [-0.15, -0.1) is 0 Å². The van der Waals surface area contributed by atoms with E-state index in [1.165, 1.54) is 12.1 Å². The van der Waals surface area contributed by atoms with Crippen LogP contribution >= 0.6 is 31.9 Å². The number of nitrogens with one attached hydrogen (secondary N) is 1. The van der Waals surface area contributed by atoms with Gasteiger partial charge >= 0.3 is 6.18 Å². The molecule has 0 bridgehead atoms. The first-order valence-corrected chi connectivity index (χ1v) is 10.9. The van der Waals surface area contributed by atoms with Crippen molar-refractivity contribution in [2.45, 2.75) is 19.7 Å². The molecule has 180 valence electrons. The number of benzene rings is 3. The van der Waals surface area contributed by atoms with Crippen molar-refractivity contribution in [3.05, 3.63) is 90.9 Å². The molecule has 0 saturated carbocycles. The minimum Gasteiger partial charge on any atom is -0.487 e. The van der Waals surface area contributed by atoms with E-state index in [9.17, 15) is 30.7 Å². The van der Waals surface area contributed by atoms with Crippen LogP contribution in [0.2, 0.25) is 0 Å². The minimum absolute atomic E-state index is 0.274. The minimum atomic E-state index is -5.63. The van der Waals surface area contributed by atoms with Crippen LogP contribution in [0.25, 0.3) is 0 Å². The van der Waals surface area contributed by atoms with Gasteiger partial charge in [-0.3, -0.25) is 5.43 Å². The van der Waals surface area contributed by atoms with Crippen molar-refractivity contribution in [1.29, 1.82) is 0 Å². The number of nitrogens with zero attached hydrogens (tertiary/aromatic N) is 1. The molecule has 0 atom stereocenters. The number of hydrogen-bond donors (Lipinski definition) is 1. The van der Waals surface area contributed by atoms with Crippen molar-refractivity contribution in [3.63, 3.8) is 0 Å². The average molecular weight is 614 g/mol. The number of halogens is 9. The van der Waals surface area contributed by atoms with Gasteiger partial charge in [-0.2, -0.15) is 18.3 Å². The van der Waals surface area contributed by atoms with E-state index >= 15 is 0 Å². The molecule has 0 unspecified atom stereocenters. The first-order valence-electron chi connectivity index (χ1n) is 9.29. The molecule has 34 heavy (non-hydrogen) atoms. The lowest BCUT2D eigenvalue weighted by Gasteiger charge is -2.13. The van der Waals surface area contributed by atoms with E-state index in [1.54, 1.807) is 5.43 Å². The van der Waals surface area contributed by atoms with Crippen LogP contribution in [0.3, 0.4) is 0 Å². The smallest absolute Gasteiger partial charge is 0.422 e. The van der Waals surface area contributed by atoms with Gasteiger partial charge in [-0.05, 0) is 62.0 Å². The molecular weight excluding hydrogens is 601 g/mol. The van der Waals surface area contributed by atoms with Crippen molar-refractivity contribution in [1.82, 2.24) is 0 Å². The largest absolute Gasteiger partial charge is 0.487 e. The molecule has 0 aliphatic carbocycles. The second kappa shape index (κ2) is 10.3. The Morgan fingerprint density at radius 1 is 0.912 bits per heavy atom. The van der Waals surface area contributed by atoms with Crippen LogP contribution in [0.15, 0.2) is 50.4 Å². The lowest BCUT2D eigenvalue weighted by molar-refractivity contribution is -0.143. The molecule has 0 saturated heterocycles. The molecule has 0 heterocycles. The summed E-state index contributed by atoms with van der Waals surface area (Å²) in [6.45, 7) is 2.23. The molecule has 12 heteroatoms. The zero-order valence-corrected chi connectivity index (χ0v) is 20.2. The Morgan fingerprint density at radius 2 is 1.44 bits per heavy atom. The molecule has 0 aliphatic rings. The highest BCUT2D eigenvalue weighted by atomic mass is 79.9. The van der Waals surface area contributed by atoms with Gasteiger partial charge in [-0.1, -0.05) is 29.8 Å². The van der Waals surface area contributed by atoms with Crippen LogP contribution in [-0.4, -0.2) is 6.21 Å². The molecule has 0 amide bonds. The molecule has 3 aromatic carbocycles. The summed E-state index contributed by atoms with van der Waals surface area (Å²) in [4.78, 5) is 0. The fourth-order valence-electron chi connectivity index (χ4n) is 2.78. The van der Waals surface area contributed by atoms with Crippen LogP contribution in [0.4, 0.5) is 36.4 Å². The molecule has 1 N–H and O–H groups in total. The van der Waals surface area contributed by atoms with E-state index in [0.29, 0.717) is 20.3 Å². The average Bonchev–Trinajstić information content (AvgIpc) is 2.74. The highest BCUT2D eigenvalue weighted by Crippen LogP contribution is 2.38. The Labute approximate surface area is 205 Å². The second-order valence-electron chi connectivity index (χ2n) is 6.96. The first-order chi connectivity index (χ1) is 15.9. The van der Waals surface area contributed by atoms with Crippen molar-refractivity contribution < 1.29 is 35.5 Å². The molecule has 3 rings (SSSR count). The lowest BCUT2D eigenvalue weighted by atomic mass is 10.1. The first kappa shape index (κ1) is 26.0. The van der Waals surface area contributed by atoms with E-state index in [0.717, 1.165) is 17.3 Å². The van der Waals surface area contributed by atoms with Crippen molar-refractivity contribution >= 4 is 43.8 Å². The molecular formula is C22H13Br2F7N2O. The Morgan fingerprint density at radius 3 is 1.94 bits per heavy atom. The van der Waals surface area contributed by atoms with Gasteiger partial charge in [-0.25, -0.2) is 17.6 Å². The summed E-state index contributed by atoms with van der Waals surface area (Å²) in [7, 11) is 0. The Balaban J connectivity index is 1.78. The van der Waals surface area contributed by atoms with Crippen LogP contribution < -0.4 is 10.2 Å². The molecule has 3 nitrogen and oxygen atoms in total. The Kier molecular flexibility index (Phi) is 7.91. The van der Waals surface area contributed by atoms with Crippen LogP contribution in [0.1, 0.15) is 22.3 Å². The van der Waals surface area contributed by atoms with E-state index in [4.69, 9.17) is 4.74 Å². The van der Waals surface area contributed by atoms with Gasteiger partial charge in [0, 0.05) is 0 Å². The van der Waals surface area contributed by atoms with Gasteiger partial charge in [0.2, 0.25) is 0 Å². The highest BCUT2D eigenvalue weighted by Gasteiger charge is 2.42. The van der Waals surface area contributed by atoms with E-state index in [-0.39, 0.29) is 6.61 Å². The molecule has 0 spiro atoms. The maximum Gasteiger partial charge on any atom is 0.422 e. The van der Waals surface area contributed by atoms with Crippen molar-refractivity contribution in [3.8, 4) is 5.75 Å². The lowest BCUT2D eigenvalue weighted by Crippen LogP contribution is -2.16. The zero-order valence-electron chi connectivity index (χ0n) is 17.0. The standard InChI is InChI=1S/C22H13Br2F7N2O/c1-10-2-4-11(5-3-10)9-34-21-13(23)6-12(7-14(21)24)8-32-33-20-18(27)16(25)15(22(29,30)31)17(26)19(20)28/h2-8,33H,9H2,1H3/b32-8-. The molecule has 0 aliphatic heterocycles. The second-order valence-corrected chi connectivity index (χ2v) is 8.67. The fourth-order valence-corrected chi connectivity index (χ4v) is 4.23. The Hall–Kier alpha value is -2.60. The molecule has 0 radical (unpaired) electrons. The van der Waals surface area contributed by atoms with Gasteiger partial charge in [0.15, 0.2) is 23.3 Å². The summed E-state index contributed by atoms with van der Waals surface area (Å²) in [5.41, 5.74) is -0.0789.